The molecular formula is C23H35N5O13. The summed E-state index contributed by atoms with van der Waals surface area (Å²) >= 11 is 0. The molecule has 11 N–H and O–H groups in total. The second-order valence-corrected chi connectivity index (χ2v) is 8.23. The quantitative estimate of drug-likeness (QED) is 0.0908. The van der Waals surface area contributed by atoms with Crippen LogP contribution in [0.2, 0.25) is 0 Å². The minimum atomic E-state index is -1.17. The lowest BCUT2D eigenvalue weighted by Crippen LogP contribution is -2.38. The van der Waals surface area contributed by atoms with Gasteiger partial charge in [-0.15, -0.1) is 0 Å². The van der Waals surface area contributed by atoms with E-state index in [1.54, 1.807) is 0 Å². The topological polar surface area (TPSA) is 323 Å². The zero-order valence-electron chi connectivity index (χ0n) is 22.1. The number of benzene rings is 1. The Morgan fingerprint density at radius 2 is 1.51 bits per heavy atom. The van der Waals surface area contributed by atoms with Crippen LogP contribution in [0.15, 0.2) is 24.3 Å². The molecule has 1 fully saturated rings. The Morgan fingerprint density at radius 1 is 0.976 bits per heavy atom. The molecule has 1 saturated heterocycles. The number of hydrogen-bond acceptors (Lipinski definition) is 11. The molecule has 1 aliphatic heterocycles. The predicted octanol–water partition coefficient (Wildman–Crippen LogP) is -0.296. The molecule has 0 bridgehead atoms. The van der Waals surface area contributed by atoms with Crippen LogP contribution >= 0.6 is 0 Å². The van der Waals surface area contributed by atoms with Crippen LogP contribution in [-0.4, -0.2) is 90.9 Å². The molecule has 3 atom stereocenters. The maximum atomic E-state index is 10.8. The molecule has 41 heavy (non-hydrogen) atoms. The molecule has 0 spiro atoms. The summed E-state index contributed by atoms with van der Waals surface area (Å²) < 4.78 is 0. The van der Waals surface area contributed by atoms with Gasteiger partial charge < -0.3 is 47.6 Å². The molecule has 0 unspecified atom stereocenters. The van der Waals surface area contributed by atoms with Crippen LogP contribution in [0.5, 0.6) is 0 Å². The van der Waals surface area contributed by atoms with Gasteiger partial charge in [0.25, 0.3) is 5.69 Å². The number of aliphatic carboxylic acids is 5. The van der Waals surface area contributed by atoms with Crippen molar-refractivity contribution >= 4 is 47.1 Å². The molecule has 18 nitrogen and oxygen atoms in total. The second kappa shape index (κ2) is 21.0. The Balaban J connectivity index is 0. The van der Waals surface area contributed by atoms with Crippen molar-refractivity contribution in [2.45, 2.75) is 63.6 Å². The molecule has 18 heteroatoms. The molecule has 230 valence electrons. The minimum absolute atomic E-state index is 0.0231. The maximum Gasteiger partial charge on any atom is 0.325 e. The number of anilines is 1. The smallest absolute Gasteiger partial charge is 0.325 e. The van der Waals surface area contributed by atoms with Crippen molar-refractivity contribution in [1.82, 2.24) is 10.6 Å². The molecule has 0 aromatic heterocycles. The zero-order valence-corrected chi connectivity index (χ0v) is 22.1. The molecule has 0 saturated carbocycles. The normalized spacial score (nSPS) is 14.5. The second-order valence-electron chi connectivity index (χ2n) is 8.23. The first-order valence-corrected chi connectivity index (χ1v) is 11.9. The summed E-state index contributed by atoms with van der Waals surface area (Å²) in [4.78, 5) is 70.7. The largest absolute Gasteiger partial charge is 0.481 e. The van der Waals surface area contributed by atoms with Crippen LogP contribution in [0.4, 0.5) is 11.4 Å². The Bertz CT molecular complexity index is 1030. The fourth-order valence-electron chi connectivity index (χ4n) is 2.49. The predicted molar refractivity (Wildman–Crippen MR) is 141 cm³/mol. The highest BCUT2D eigenvalue weighted by atomic mass is 16.6. The number of nitrogens with zero attached hydrogens (tertiary/aromatic N) is 1. The summed E-state index contributed by atoms with van der Waals surface area (Å²) in [6.07, 6.45) is 1.07. The molecular weight excluding hydrogens is 554 g/mol. The highest BCUT2D eigenvalue weighted by Crippen LogP contribution is 2.12. The van der Waals surface area contributed by atoms with E-state index in [4.69, 9.17) is 37.0 Å². The minimum Gasteiger partial charge on any atom is -0.481 e. The van der Waals surface area contributed by atoms with Gasteiger partial charge in [-0.05, 0) is 44.9 Å². The Kier molecular flexibility index (Phi) is 19.7. The summed E-state index contributed by atoms with van der Waals surface area (Å²) in [7, 11) is 0. The molecule has 1 aromatic carbocycles. The third-order valence-electron chi connectivity index (χ3n) is 4.76. The summed E-state index contributed by atoms with van der Waals surface area (Å²) in [5.41, 5.74) is 10.9. The molecule has 0 radical (unpaired) electrons. The molecule has 1 aliphatic rings. The van der Waals surface area contributed by atoms with Gasteiger partial charge in [-0.3, -0.25) is 38.9 Å². The van der Waals surface area contributed by atoms with Gasteiger partial charge in [0.15, 0.2) is 0 Å². The van der Waals surface area contributed by atoms with E-state index in [9.17, 15) is 38.9 Å². The lowest BCUT2D eigenvalue weighted by atomic mass is 10.2. The Hall–Kier alpha value is -4.84. The summed E-state index contributed by atoms with van der Waals surface area (Å²) in [5, 5.41) is 56.3. The number of carboxylic acids is 5. The van der Waals surface area contributed by atoms with Gasteiger partial charge in [-0.1, -0.05) is 0 Å². The van der Waals surface area contributed by atoms with E-state index in [0.29, 0.717) is 5.69 Å². The van der Waals surface area contributed by atoms with Crippen LogP contribution in [0.3, 0.4) is 0 Å². The number of carbonyl (C=O) groups is 6. The number of hydrogen-bond donors (Lipinski definition) is 9. The van der Waals surface area contributed by atoms with Crippen molar-refractivity contribution in [1.29, 1.82) is 0 Å². The number of non-ortho nitro benzene ring substituents is 1. The third-order valence-corrected chi connectivity index (χ3v) is 4.76. The standard InChI is InChI=1S/C7H11NO5.C6H6N2O2.C5H9NO4.C5H9NO2/c1-4(7(12)13)8-5(9)2-3-6(10)11;7-5-1-3-6(4-2-5)8(9)10;6-3(5(9)10)1-2-4(7)8;7-5(8)4-2-1-3-6-4/h4H,2-3H2,1H3,(H,8,9)(H,10,11)(H,12,13);1-4H,7H2;3H,1-2,6H2,(H,7,8)(H,9,10);4,6H,1-3H2,(H,7,8)/t4-;;3-;4-/m0.00/s1. The molecule has 2 rings (SSSR count). The summed E-state index contributed by atoms with van der Waals surface area (Å²) in [6.45, 7) is 2.16. The van der Waals surface area contributed by atoms with Gasteiger partial charge >= 0.3 is 29.8 Å². The van der Waals surface area contributed by atoms with Crippen LogP contribution in [0.25, 0.3) is 0 Å². The first kappa shape index (κ1) is 38.3. The van der Waals surface area contributed by atoms with Crippen molar-refractivity contribution in [3.05, 3.63) is 34.4 Å². The van der Waals surface area contributed by atoms with Gasteiger partial charge in [-0.25, -0.2) is 0 Å². The van der Waals surface area contributed by atoms with E-state index >= 15 is 0 Å². The SMILES string of the molecule is C[C@H](NC(=O)CCC(=O)O)C(=O)O.N[C@@H](CCC(=O)O)C(=O)O.Nc1ccc([N+](=O)[O-])cc1.O=C(O)[C@@H]1CCCN1. The fraction of sp³-hybridized carbons (Fsp3) is 0.478. The van der Waals surface area contributed by atoms with Crippen molar-refractivity contribution < 1.29 is 59.2 Å². The number of carbonyl (C=O) groups excluding carboxylic acids is 1. The van der Waals surface area contributed by atoms with Gasteiger partial charge in [-0.2, -0.15) is 0 Å². The summed E-state index contributed by atoms with van der Waals surface area (Å²) in [6, 6.07) is 3.42. The lowest BCUT2D eigenvalue weighted by molar-refractivity contribution is -0.384. The van der Waals surface area contributed by atoms with Crippen molar-refractivity contribution in [3.63, 3.8) is 0 Å². The van der Waals surface area contributed by atoms with E-state index in [0.717, 1.165) is 19.4 Å². The maximum absolute atomic E-state index is 10.8. The van der Waals surface area contributed by atoms with Gasteiger partial charge in [0.05, 0.1) is 11.3 Å². The van der Waals surface area contributed by atoms with E-state index in [2.05, 4.69) is 10.6 Å². The molecule has 0 aliphatic carbocycles. The summed E-state index contributed by atoms with van der Waals surface area (Å²) in [5.74, 6) is -5.72. The fourth-order valence-corrected chi connectivity index (χ4v) is 2.49. The van der Waals surface area contributed by atoms with E-state index < -0.39 is 52.8 Å². The average Bonchev–Trinajstić information content (AvgIpc) is 3.43. The average molecular weight is 590 g/mol. The van der Waals surface area contributed by atoms with Crippen LogP contribution in [0, 0.1) is 10.1 Å². The molecule has 1 amide bonds. The third kappa shape index (κ3) is 21.8. The van der Waals surface area contributed by atoms with Crippen LogP contribution < -0.4 is 22.1 Å². The Labute approximate surface area is 233 Å². The molecule has 1 aromatic rings. The highest BCUT2D eigenvalue weighted by Gasteiger charge is 2.20. The number of nitrogens with two attached hydrogens (primary N) is 2. The highest BCUT2D eigenvalue weighted by molar-refractivity contribution is 5.85. The number of amides is 1. The van der Waals surface area contributed by atoms with E-state index in [1.807, 2.05) is 0 Å². The monoisotopic (exact) mass is 589 g/mol. The van der Waals surface area contributed by atoms with Crippen molar-refractivity contribution in [2.75, 3.05) is 12.3 Å². The lowest BCUT2D eigenvalue weighted by Gasteiger charge is -2.07. The van der Waals surface area contributed by atoms with Crippen LogP contribution in [-0.2, 0) is 28.8 Å². The van der Waals surface area contributed by atoms with Gasteiger partial charge in [0, 0.05) is 30.7 Å². The zero-order chi connectivity index (χ0) is 32.1. The number of nitro groups is 1. The van der Waals surface area contributed by atoms with Crippen LogP contribution in [0.1, 0.15) is 45.4 Å². The first-order valence-electron chi connectivity index (χ1n) is 11.9. The number of carboxylic acid groups (broad SMARTS) is 5. The number of nitro benzene ring substituents is 1. The number of nitrogen functional groups attached to an aromatic ring is 1. The number of rotatable bonds is 11. The first-order chi connectivity index (χ1) is 19.0. The van der Waals surface area contributed by atoms with Crippen molar-refractivity contribution in [2.24, 2.45) is 5.73 Å². The van der Waals surface area contributed by atoms with E-state index in [-0.39, 0.29) is 37.4 Å². The van der Waals surface area contributed by atoms with Crippen molar-refractivity contribution in [3.8, 4) is 0 Å². The number of nitrogens with one attached hydrogen (secondary N) is 2. The van der Waals surface area contributed by atoms with Gasteiger partial charge in [0.1, 0.15) is 18.1 Å². The molecule has 1 heterocycles. The van der Waals surface area contributed by atoms with E-state index in [1.165, 1.54) is 31.2 Å². The van der Waals surface area contributed by atoms with Gasteiger partial charge in [0.2, 0.25) is 5.91 Å². The Morgan fingerprint density at radius 3 is 1.85 bits per heavy atom.